The zero-order chi connectivity index (χ0) is 8.39. The first-order valence-corrected chi connectivity index (χ1v) is 5.93. The van der Waals surface area contributed by atoms with Gasteiger partial charge in [-0.15, -0.1) is 16.9 Å². The molecule has 66 valence electrons. The SMILES string of the molecule is CCC1CSC(c2csnn2)N1. The van der Waals surface area contributed by atoms with Crippen molar-refractivity contribution in [1.29, 1.82) is 0 Å². The molecule has 5 heteroatoms. The number of rotatable bonds is 2. The van der Waals surface area contributed by atoms with E-state index in [2.05, 4.69) is 21.8 Å². The third-order valence-electron chi connectivity index (χ3n) is 1.99. The molecule has 1 aromatic heterocycles. The van der Waals surface area contributed by atoms with Crippen molar-refractivity contribution in [2.24, 2.45) is 0 Å². The van der Waals surface area contributed by atoms with E-state index >= 15 is 0 Å². The third kappa shape index (κ3) is 1.62. The highest BCUT2D eigenvalue weighted by atomic mass is 32.2. The second-order valence-corrected chi connectivity index (χ2v) is 4.56. The molecule has 12 heavy (non-hydrogen) atoms. The molecule has 1 aromatic rings. The average Bonchev–Trinajstić information content (AvgIpc) is 2.75. The Kier molecular flexibility index (Phi) is 2.63. The molecule has 1 fully saturated rings. The highest BCUT2D eigenvalue weighted by Gasteiger charge is 2.25. The van der Waals surface area contributed by atoms with Crippen LogP contribution in [0.25, 0.3) is 0 Å². The maximum atomic E-state index is 4.05. The zero-order valence-corrected chi connectivity index (χ0v) is 8.49. The Morgan fingerprint density at radius 2 is 2.67 bits per heavy atom. The molecule has 3 nitrogen and oxygen atoms in total. The van der Waals surface area contributed by atoms with Gasteiger partial charge in [-0.05, 0) is 18.0 Å². The monoisotopic (exact) mass is 201 g/mol. The van der Waals surface area contributed by atoms with Crippen molar-refractivity contribution < 1.29 is 0 Å². The van der Waals surface area contributed by atoms with E-state index in [0.29, 0.717) is 11.4 Å². The Labute approximate surface area is 80.1 Å². The number of hydrogen-bond donors (Lipinski definition) is 1. The van der Waals surface area contributed by atoms with E-state index in [9.17, 15) is 0 Å². The summed E-state index contributed by atoms with van der Waals surface area (Å²) in [6, 6.07) is 0.654. The fourth-order valence-electron chi connectivity index (χ4n) is 1.22. The van der Waals surface area contributed by atoms with Crippen LogP contribution in [0.3, 0.4) is 0 Å². The zero-order valence-electron chi connectivity index (χ0n) is 6.86. The molecule has 2 heterocycles. The first-order valence-electron chi connectivity index (χ1n) is 4.04. The summed E-state index contributed by atoms with van der Waals surface area (Å²) in [7, 11) is 0. The third-order valence-corrected chi connectivity index (χ3v) is 3.82. The van der Waals surface area contributed by atoms with Crippen LogP contribution in [-0.2, 0) is 0 Å². The molecule has 0 saturated carbocycles. The number of nitrogens with one attached hydrogen (secondary N) is 1. The van der Waals surface area contributed by atoms with Crippen molar-refractivity contribution >= 4 is 23.3 Å². The first-order chi connectivity index (χ1) is 5.90. The van der Waals surface area contributed by atoms with Gasteiger partial charge in [0.15, 0.2) is 0 Å². The minimum atomic E-state index is 0.383. The molecular weight excluding hydrogens is 190 g/mol. The van der Waals surface area contributed by atoms with Gasteiger partial charge in [-0.25, -0.2) is 0 Å². The smallest absolute Gasteiger partial charge is 0.103 e. The summed E-state index contributed by atoms with van der Waals surface area (Å²) in [5, 5.41) is 9.96. The van der Waals surface area contributed by atoms with Crippen molar-refractivity contribution in [2.45, 2.75) is 24.8 Å². The van der Waals surface area contributed by atoms with Crippen molar-refractivity contribution in [3.05, 3.63) is 11.1 Å². The summed E-state index contributed by atoms with van der Waals surface area (Å²) >= 11 is 3.35. The largest absolute Gasteiger partial charge is 0.297 e. The summed E-state index contributed by atoms with van der Waals surface area (Å²) in [6.45, 7) is 2.21. The van der Waals surface area contributed by atoms with Crippen LogP contribution < -0.4 is 5.32 Å². The number of thioether (sulfide) groups is 1. The molecular formula is C7H11N3S2. The second kappa shape index (κ2) is 3.72. The Bertz CT molecular complexity index is 237. The fourth-order valence-corrected chi connectivity index (χ4v) is 3.11. The van der Waals surface area contributed by atoms with Crippen LogP contribution in [0.4, 0.5) is 0 Å². The Balaban J connectivity index is 2.00. The Morgan fingerprint density at radius 3 is 3.25 bits per heavy atom. The van der Waals surface area contributed by atoms with E-state index < -0.39 is 0 Å². The molecule has 0 spiro atoms. The van der Waals surface area contributed by atoms with Crippen LogP contribution in [0.2, 0.25) is 0 Å². The lowest BCUT2D eigenvalue weighted by Crippen LogP contribution is -2.24. The molecule has 0 amide bonds. The summed E-state index contributed by atoms with van der Waals surface area (Å²) in [6.07, 6.45) is 1.20. The molecule has 2 unspecified atom stereocenters. The van der Waals surface area contributed by atoms with E-state index in [1.54, 1.807) is 0 Å². The Morgan fingerprint density at radius 1 is 1.75 bits per heavy atom. The van der Waals surface area contributed by atoms with Crippen molar-refractivity contribution in [1.82, 2.24) is 14.9 Å². The van der Waals surface area contributed by atoms with E-state index in [0.717, 1.165) is 5.69 Å². The molecule has 0 aliphatic carbocycles. The minimum absolute atomic E-state index is 0.383. The lowest BCUT2D eigenvalue weighted by molar-refractivity contribution is 0.555. The highest BCUT2D eigenvalue weighted by Crippen LogP contribution is 2.32. The fraction of sp³-hybridized carbons (Fsp3) is 0.714. The molecule has 0 radical (unpaired) electrons. The standard InChI is InChI=1S/C7H11N3S2/c1-2-5-3-11-7(8-5)6-4-12-10-9-6/h4-5,7-8H,2-3H2,1H3. The first kappa shape index (κ1) is 8.47. The van der Waals surface area contributed by atoms with Crippen LogP contribution in [0.1, 0.15) is 24.4 Å². The number of aromatic nitrogens is 2. The second-order valence-electron chi connectivity index (χ2n) is 2.81. The van der Waals surface area contributed by atoms with E-state index in [-0.39, 0.29) is 0 Å². The lowest BCUT2D eigenvalue weighted by atomic mass is 10.2. The molecule has 2 atom stereocenters. The molecule has 1 N–H and O–H groups in total. The van der Waals surface area contributed by atoms with Crippen LogP contribution >= 0.6 is 23.3 Å². The minimum Gasteiger partial charge on any atom is -0.297 e. The number of hydrogen-bond acceptors (Lipinski definition) is 5. The molecule has 1 aliphatic heterocycles. The molecule has 2 rings (SSSR count). The van der Waals surface area contributed by atoms with Gasteiger partial charge < -0.3 is 0 Å². The normalized spacial score (nSPS) is 29.4. The van der Waals surface area contributed by atoms with Gasteiger partial charge in [0.1, 0.15) is 5.69 Å². The molecule has 0 bridgehead atoms. The van der Waals surface area contributed by atoms with Gasteiger partial charge >= 0.3 is 0 Å². The van der Waals surface area contributed by atoms with Gasteiger partial charge in [0.25, 0.3) is 0 Å². The summed E-state index contributed by atoms with van der Waals surface area (Å²) in [5.74, 6) is 1.19. The predicted molar refractivity (Wildman–Crippen MR) is 52.3 cm³/mol. The summed E-state index contributed by atoms with van der Waals surface area (Å²) < 4.78 is 3.86. The van der Waals surface area contributed by atoms with Crippen LogP contribution in [0.5, 0.6) is 0 Å². The van der Waals surface area contributed by atoms with Gasteiger partial charge in [-0.3, -0.25) is 5.32 Å². The summed E-state index contributed by atoms with van der Waals surface area (Å²) in [4.78, 5) is 0. The summed E-state index contributed by atoms with van der Waals surface area (Å²) in [5.41, 5.74) is 1.08. The molecule has 1 saturated heterocycles. The number of nitrogens with zero attached hydrogens (tertiary/aromatic N) is 2. The molecule has 0 aromatic carbocycles. The van der Waals surface area contributed by atoms with Crippen LogP contribution in [0, 0.1) is 0 Å². The maximum absolute atomic E-state index is 4.05. The van der Waals surface area contributed by atoms with Crippen LogP contribution in [-0.4, -0.2) is 21.4 Å². The van der Waals surface area contributed by atoms with Gasteiger partial charge in [-0.1, -0.05) is 11.4 Å². The maximum Gasteiger partial charge on any atom is 0.103 e. The van der Waals surface area contributed by atoms with Gasteiger partial charge in [0, 0.05) is 17.2 Å². The Hall–Kier alpha value is -0.130. The topological polar surface area (TPSA) is 37.8 Å². The van der Waals surface area contributed by atoms with Gasteiger partial charge in [0.2, 0.25) is 0 Å². The van der Waals surface area contributed by atoms with E-state index in [1.807, 2.05) is 17.1 Å². The van der Waals surface area contributed by atoms with Gasteiger partial charge in [0.05, 0.1) is 5.37 Å². The molecule has 1 aliphatic rings. The van der Waals surface area contributed by atoms with E-state index in [1.165, 1.54) is 23.7 Å². The lowest BCUT2D eigenvalue weighted by Gasteiger charge is -2.07. The van der Waals surface area contributed by atoms with Gasteiger partial charge in [-0.2, -0.15) is 0 Å². The van der Waals surface area contributed by atoms with Crippen LogP contribution in [0.15, 0.2) is 5.38 Å². The van der Waals surface area contributed by atoms with Crippen molar-refractivity contribution in [2.75, 3.05) is 5.75 Å². The predicted octanol–water partition coefficient (Wildman–Crippen LogP) is 1.65. The van der Waals surface area contributed by atoms with Crippen molar-refractivity contribution in [3.63, 3.8) is 0 Å². The van der Waals surface area contributed by atoms with Crippen molar-refractivity contribution in [3.8, 4) is 0 Å². The quantitative estimate of drug-likeness (QED) is 0.789. The highest BCUT2D eigenvalue weighted by molar-refractivity contribution is 7.99. The van der Waals surface area contributed by atoms with E-state index in [4.69, 9.17) is 0 Å². The average molecular weight is 201 g/mol.